The molecule has 2 N–H and O–H groups in total. The molecular formula is C13H17NO6. The zero-order valence-corrected chi connectivity index (χ0v) is 11.0. The molecular weight excluding hydrogens is 266 g/mol. The first-order chi connectivity index (χ1) is 9.34. The van der Waals surface area contributed by atoms with E-state index in [9.17, 15) is 19.2 Å². The van der Waals surface area contributed by atoms with Gasteiger partial charge in [0.15, 0.2) is 0 Å². The Balaban J connectivity index is 2.19. The van der Waals surface area contributed by atoms with Crippen LogP contribution >= 0.6 is 0 Å². The number of carbonyl (C=O) groups is 4. The van der Waals surface area contributed by atoms with Crippen molar-refractivity contribution in [3.8, 4) is 0 Å². The Hall–Kier alpha value is -1.92. The van der Waals surface area contributed by atoms with E-state index in [0.29, 0.717) is 4.90 Å². The van der Waals surface area contributed by atoms with Crippen molar-refractivity contribution in [1.82, 2.24) is 4.90 Å². The number of likely N-dealkylation sites (tertiary alicyclic amines) is 1. The number of carbonyl (C=O) groups excluding carboxylic acids is 2. The van der Waals surface area contributed by atoms with Crippen LogP contribution in [0.3, 0.4) is 0 Å². The maximum atomic E-state index is 12.1. The van der Waals surface area contributed by atoms with Crippen molar-refractivity contribution in [2.24, 2.45) is 5.41 Å². The molecule has 1 saturated carbocycles. The van der Waals surface area contributed by atoms with Crippen molar-refractivity contribution < 1.29 is 29.4 Å². The lowest BCUT2D eigenvalue weighted by Gasteiger charge is -2.39. The Morgan fingerprint density at radius 1 is 1.10 bits per heavy atom. The average Bonchev–Trinajstić information content (AvgIpc) is 2.74. The van der Waals surface area contributed by atoms with Crippen molar-refractivity contribution in [1.29, 1.82) is 0 Å². The second-order valence-corrected chi connectivity index (χ2v) is 5.67. The highest BCUT2D eigenvalue weighted by Crippen LogP contribution is 2.47. The highest BCUT2D eigenvalue weighted by atomic mass is 16.4. The highest BCUT2D eigenvalue weighted by molar-refractivity contribution is 6.02. The standard InChI is InChI=1S/C13H17NO6/c15-9-6-13(3-1-2-4-13)7-10(16)14(9)8(12(19)20)5-11(17)18/h8H,1-7H2,(H,17,18)(H,19,20). The summed E-state index contributed by atoms with van der Waals surface area (Å²) in [5.74, 6) is -3.93. The largest absolute Gasteiger partial charge is 0.481 e. The van der Waals surface area contributed by atoms with Crippen LogP contribution in [0.1, 0.15) is 44.9 Å². The van der Waals surface area contributed by atoms with Crippen molar-refractivity contribution >= 4 is 23.8 Å². The molecule has 1 atom stereocenters. The molecule has 2 fully saturated rings. The molecule has 2 rings (SSSR count). The van der Waals surface area contributed by atoms with Gasteiger partial charge in [-0.3, -0.25) is 19.3 Å². The van der Waals surface area contributed by atoms with E-state index in [1.807, 2.05) is 0 Å². The van der Waals surface area contributed by atoms with Crippen LogP contribution in [0, 0.1) is 5.41 Å². The molecule has 0 aromatic heterocycles. The van der Waals surface area contributed by atoms with E-state index in [2.05, 4.69) is 0 Å². The molecule has 110 valence electrons. The summed E-state index contributed by atoms with van der Waals surface area (Å²) in [6.45, 7) is 0. The first kappa shape index (κ1) is 14.5. The van der Waals surface area contributed by atoms with Gasteiger partial charge in [0.05, 0.1) is 6.42 Å². The van der Waals surface area contributed by atoms with E-state index in [1.165, 1.54) is 0 Å². The van der Waals surface area contributed by atoms with Gasteiger partial charge in [-0.2, -0.15) is 0 Å². The smallest absolute Gasteiger partial charge is 0.327 e. The SMILES string of the molecule is O=C(O)CC(C(=O)O)N1C(=O)CC2(CCCC2)CC1=O. The van der Waals surface area contributed by atoms with Crippen LogP contribution in [0.15, 0.2) is 0 Å². The van der Waals surface area contributed by atoms with Crippen molar-refractivity contribution in [2.75, 3.05) is 0 Å². The van der Waals surface area contributed by atoms with Gasteiger partial charge in [0.2, 0.25) is 11.8 Å². The number of nitrogens with zero attached hydrogens (tertiary/aromatic N) is 1. The minimum atomic E-state index is -1.61. The van der Waals surface area contributed by atoms with E-state index in [0.717, 1.165) is 25.7 Å². The Kier molecular flexibility index (Phi) is 3.78. The first-order valence-corrected chi connectivity index (χ1v) is 6.64. The Bertz CT molecular complexity index is 445. The summed E-state index contributed by atoms with van der Waals surface area (Å²) < 4.78 is 0. The van der Waals surface area contributed by atoms with Crippen LogP contribution in [0.2, 0.25) is 0 Å². The van der Waals surface area contributed by atoms with E-state index in [4.69, 9.17) is 10.2 Å². The summed E-state index contributed by atoms with van der Waals surface area (Å²) in [5.41, 5.74) is -0.322. The zero-order valence-electron chi connectivity index (χ0n) is 11.0. The number of carboxylic acid groups (broad SMARTS) is 2. The third-order valence-electron chi connectivity index (χ3n) is 4.22. The molecule has 7 heteroatoms. The Labute approximate surface area is 115 Å². The molecule has 0 aromatic rings. The van der Waals surface area contributed by atoms with Gasteiger partial charge in [0, 0.05) is 12.8 Å². The van der Waals surface area contributed by atoms with Gasteiger partial charge in [0.25, 0.3) is 0 Å². The fourth-order valence-corrected chi connectivity index (χ4v) is 3.29. The molecule has 1 aliphatic heterocycles. The summed E-state index contributed by atoms with van der Waals surface area (Å²) in [4.78, 5) is 46.8. The number of imide groups is 1. The number of hydrogen-bond acceptors (Lipinski definition) is 4. The molecule has 0 radical (unpaired) electrons. The van der Waals surface area contributed by atoms with Gasteiger partial charge < -0.3 is 10.2 Å². The maximum Gasteiger partial charge on any atom is 0.327 e. The van der Waals surface area contributed by atoms with Crippen LogP contribution in [-0.4, -0.2) is 44.9 Å². The van der Waals surface area contributed by atoms with Crippen LogP contribution in [-0.2, 0) is 19.2 Å². The van der Waals surface area contributed by atoms with Gasteiger partial charge in [0.1, 0.15) is 6.04 Å². The molecule has 1 spiro atoms. The summed E-state index contributed by atoms with van der Waals surface area (Å²) >= 11 is 0. The van der Waals surface area contributed by atoms with Crippen LogP contribution in [0.4, 0.5) is 0 Å². The molecule has 1 saturated heterocycles. The van der Waals surface area contributed by atoms with Gasteiger partial charge >= 0.3 is 11.9 Å². The third kappa shape index (κ3) is 2.66. The van der Waals surface area contributed by atoms with Gasteiger partial charge in [-0.15, -0.1) is 0 Å². The second kappa shape index (κ2) is 5.22. The summed E-state index contributed by atoms with van der Waals surface area (Å²) in [5, 5.41) is 17.8. The second-order valence-electron chi connectivity index (χ2n) is 5.67. The molecule has 20 heavy (non-hydrogen) atoms. The van der Waals surface area contributed by atoms with Gasteiger partial charge in [-0.05, 0) is 18.3 Å². The minimum Gasteiger partial charge on any atom is -0.481 e. The van der Waals surface area contributed by atoms with Crippen molar-refractivity contribution in [2.45, 2.75) is 51.0 Å². The predicted molar refractivity (Wildman–Crippen MR) is 65.7 cm³/mol. The normalized spacial score (nSPS) is 23.1. The molecule has 2 aliphatic rings. The first-order valence-electron chi connectivity index (χ1n) is 6.64. The van der Waals surface area contributed by atoms with Gasteiger partial charge in [-0.1, -0.05) is 12.8 Å². The third-order valence-corrected chi connectivity index (χ3v) is 4.22. The lowest BCUT2D eigenvalue weighted by atomic mass is 9.76. The van der Waals surface area contributed by atoms with Crippen molar-refractivity contribution in [3.63, 3.8) is 0 Å². The predicted octanol–water partition coefficient (Wildman–Crippen LogP) is 0.624. The van der Waals surface area contributed by atoms with Crippen LogP contribution in [0.25, 0.3) is 0 Å². The summed E-state index contributed by atoms with van der Waals surface area (Å²) in [6, 6.07) is -1.61. The Morgan fingerprint density at radius 3 is 2.00 bits per heavy atom. The Morgan fingerprint density at radius 2 is 1.60 bits per heavy atom. The summed E-state index contributed by atoms with van der Waals surface area (Å²) in [7, 11) is 0. The van der Waals surface area contributed by atoms with Crippen LogP contribution < -0.4 is 0 Å². The molecule has 2 amide bonds. The lowest BCUT2D eigenvalue weighted by Crippen LogP contribution is -2.55. The molecule has 1 unspecified atom stereocenters. The average molecular weight is 283 g/mol. The number of carboxylic acids is 2. The minimum absolute atomic E-state index is 0.141. The zero-order chi connectivity index (χ0) is 14.9. The highest BCUT2D eigenvalue weighted by Gasteiger charge is 2.48. The number of aliphatic carboxylic acids is 2. The molecule has 1 aliphatic carbocycles. The van der Waals surface area contributed by atoms with E-state index in [1.54, 1.807) is 0 Å². The van der Waals surface area contributed by atoms with Crippen molar-refractivity contribution in [3.05, 3.63) is 0 Å². The fraction of sp³-hybridized carbons (Fsp3) is 0.692. The topological polar surface area (TPSA) is 112 Å². The van der Waals surface area contributed by atoms with Crippen LogP contribution in [0.5, 0.6) is 0 Å². The maximum absolute atomic E-state index is 12.1. The summed E-state index contributed by atoms with van der Waals surface area (Å²) in [6.07, 6.45) is 3.06. The van der Waals surface area contributed by atoms with E-state index < -0.39 is 36.2 Å². The van der Waals surface area contributed by atoms with E-state index in [-0.39, 0.29) is 18.3 Å². The quantitative estimate of drug-likeness (QED) is 0.731. The molecule has 0 bridgehead atoms. The number of rotatable bonds is 4. The fourth-order valence-electron chi connectivity index (χ4n) is 3.29. The molecule has 1 heterocycles. The monoisotopic (exact) mass is 283 g/mol. The number of piperidine rings is 1. The number of amides is 2. The number of hydrogen-bond donors (Lipinski definition) is 2. The van der Waals surface area contributed by atoms with Gasteiger partial charge in [-0.25, -0.2) is 4.79 Å². The molecule has 0 aromatic carbocycles. The van der Waals surface area contributed by atoms with E-state index >= 15 is 0 Å². The molecule has 7 nitrogen and oxygen atoms in total. The lowest BCUT2D eigenvalue weighted by molar-refractivity contribution is -0.166.